The lowest BCUT2D eigenvalue weighted by atomic mass is 10.2. The highest BCUT2D eigenvalue weighted by Gasteiger charge is 2.15. The van der Waals surface area contributed by atoms with E-state index in [4.69, 9.17) is 16.3 Å². The second kappa shape index (κ2) is 5.67. The van der Waals surface area contributed by atoms with Crippen LogP contribution in [0, 0.1) is 5.82 Å². The average molecular weight is 271 g/mol. The van der Waals surface area contributed by atoms with Crippen LogP contribution in [0.2, 0.25) is 0 Å². The standard InChI is InChI=1S/C13H16ClFN2O/c1-9(5-6-18-2)17-12-7-10(15)3-4-11(12)16-13(17)8-14/h3-4,7,9H,5-6,8H2,1-2H3. The summed E-state index contributed by atoms with van der Waals surface area (Å²) in [6.45, 7) is 2.71. The van der Waals surface area contributed by atoms with Crippen molar-refractivity contribution in [2.75, 3.05) is 13.7 Å². The molecule has 18 heavy (non-hydrogen) atoms. The van der Waals surface area contributed by atoms with E-state index in [0.717, 1.165) is 23.3 Å². The van der Waals surface area contributed by atoms with Gasteiger partial charge in [-0.2, -0.15) is 0 Å². The normalized spacial score (nSPS) is 13.1. The van der Waals surface area contributed by atoms with Crippen molar-refractivity contribution in [2.24, 2.45) is 0 Å². The van der Waals surface area contributed by atoms with Gasteiger partial charge in [-0.25, -0.2) is 9.37 Å². The van der Waals surface area contributed by atoms with Crippen LogP contribution in [-0.2, 0) is 10.6 Å². The first-order valence-electron chi connectivity index (χ1n) is 5.88. The van der Waals surface area contributed by atoms with Crippen molar-refractivity contribution in [1.82, 2.24) is 9.55 Å². The van der Waals surface area contributed by atoms with Crippen LogP contribution in [0.1, 0.15) is 25.2 Å². The highest BCUT2D eigenvalue weighted by atomic mass is 35.5. The van der Waals surface area contributed by atoms with E-state index >= 15 is 0 Å². The fourth-order valence-electron chi connectivity index (χ4n) is 2.12. The Hall–Kier alpha value is -1.13. The number of ether oxygens (including phenoxy) is 1. The summed E-state index contributed by atoms with van der Waals surface area (Å²) in [5, 5.41) is 0. The molecule has 0 spiro atoms. The van der Waals surface area contributed by atoms with Crippen molar-refractivity contribution >= 4 is 22.6 Å². The number of benzene rings is 1. The van der Waals surface area contributed by atoms with Gasteiger partial charge in [0.05, 0.1) is 16.9 Å². The maximum Gasteiger partial charge on any atom is 0.125 e. The Morgan fingerprint density at radius 2 is 2.28 bits per heavy atom. The third-order valence-electron chi connectivity index (χ3n) is 3.02. The molecule has 0 radical (unpaired) electrons. The topological polar surface area (TPSA) is 27.1 Å². The molecule has 5 heteroatoms. The smallest absolute Gasteiger partial charge is 0.125 e. The molecule has 1 aromatic carbocycles. The highest BCUT2D eigenvalue weighted by molar-refractivity contribution is 6.16. The number of rotatable bonds is 5. The number of methoxy groups -OCH3 is 1. The van der Waals surface area contributed by atoms with E-state index in [9.17, 15) is 4.39 Å². The van der Waals surface area contributed by atoms with Crippen LogP contribution in [0.25, 0.3) is 11.0 Å². The van der Waals surface area contributed by atoms with Crippen LogP contribution in [0.4, 0.5) is 4.39 Å². The van der Waals surface area contributed by atoms with Crippen molar-refractivity contribution in [1.29, 1.82) is 0 Å². The maximum atomic E-state index is 13.3. The van der Waals surface area contributed by atoms with Crippen molar-refractivity contribution in [3.05, 3.63) is 29.8 Å². The number of hydrogen-bond donors (Lipinski definition) is 0. The third-order valence-corrected chi connectivity index (χ3v) is 3.26. The molecule has 2 rings (SSSR count). The third kappa shape index (κ3) is 2.49. The first kappa shape index (κ1) is 13.3. The van der Waals surface area contributed by atoms with Crippen LogP contribution in [0.5, 0.6) is 0 Å². The van der Waals surface area contributed by atoms with Crippen molar-refractivity contribution in [3.63, 3.8) is 0 Å². The zero-order valence-corrected chi connectivity index (χ0v) is 11.2. The van der Waals surface area contributed by atoms with Gasteiger partial charge >= 0.3 is 0 Å². The van der Waals surface area contributed by atoms with E-state index in [0.29, 0.717) is 12.5 Å². The molecule has 98 valence electrons. The number of nitrogens with zero attached hydrogens (tertiary/aromatic N) is 2. The second-order valence-corrected chi connectivity index (χ2v) is 4.56. The van der Waals surface area contributed by atoms with Gasteiger partial charge in [-0.3, -0.25) is 0 Å². The van der Waals surface area contributed by atoms with E-state index in [1.54, 1.807) is 13.2 Å². The van der Waals surface area contributed by atoms with Gasteiger partial charge in [-0.15, -0.1) is 11.6 Å². The Morgan fingerprint density at radius 1 is 1.50 bits per heavy atom. The largest absolute Gasteiger partial charge is 0.385 e. The second-order valence-electron chi connectivity index (χ2n) is 4.30. The number of alkyl halides is 1. The molecule has 3 nitrogen and oxygen atoms in total. The minimum absolute atomic E-state index is 0.172. The quantitative estimate of drug-likeness (QED) is 0.778. The first-order valence-corrected chi connectivity index (χ1v) is 6.42. The lowest BCUT2D eigenvalue weighted by molar-refractivity contribution is 0.181. The van der Waals surface area contributed by atoms with Gasteiger partial charge in [-0.05, 0) is 31.5 Å². The van der Waals surface area contributed by atoms with Gasteiger partial charge in [0.25, 0.3) is 0 Å². The molecule has 0 N–H and O–H groups in total. The number of fused-ring (bicyclic) bond motifs is 1. The Morgan fingerprint density at radius 3 is 2.94 bits per heavy atom. The van der Waals surface area contributed by atoms with Gasteiger partial charge in [-0.1, -0.05) is 0 Å². The van der Waals surface area contributed by atoms with Gasteiger partial charge in [0.2, 0.25) is 0 Å². The molecule has 0 saturated heterocycles. The minimum atomic E-state index is -0.260. The van der Waals surface area contributed by atoms with Crippen LogP contribution in [0.15, 0.2) is 18.2 Å². The van der Waals surface area contributed by atoms with Crippen LogP contribution >= 0.6 is 11.6 Å². The lowest BCUT2D eigenvalue weighted by Gasteiger charge is -2.16. The molecule has 0 saturated carbocycles. The number of aromatic nitrogens is 2. The summed E-state index contributed by atoms with van der Waals surface area (Å²) in [4.78, 5) is 4.42. The zero-order valence-electron chi connectivity index (χ0n) is 10.5. The van der Waals surface area contributed by atoms with Crippen LogP contribution in [0.3, 0.4) is 0 Å². The van der Waals surface area contributed by atoms with Crippen LogP contribution in [-0.4, -0.2) is 23.3 Å². The molecule has 0 aliphatic heterocycles. The number of hydrogen-bond acceptors (Lipinski definition) is 2. The van der Waals surface area contributed by atoms with Gasteiger partial charge in [0.1, 0.15) is 11.6 Å². The fourth-order valence-corrected chi connectivity index (χ4v) is 2.31. The number of imidazole rings is 1. The predicted octanol–water partition coefficient (Wildman–Crippen LogP) is 3.51. The van der Waals surface area contributed by atoms with E-state index < -0.39 is 0 Å². The molecule has 1 aromatic heterocycles. The molecule has 1 heterocycles. The minimum Gasteiger partial charge on any atom is -0.385 e. The molecular weight excluding hydrogens is 255 g/mol. The predicted molar refractivity (Wildman–Crippen MR) is 70.5 cm³/mol. The maximum absolute atomic E-state index is 13.3. The molecule has 2 aromatic rings. The molecule has 1 atom stereocenters. The summed E-state index contributed by atoms with van der Waals surface area (Å²) < 4.78 is 20.4. The summed E-state index contributed by atoms with van der Waals surface area (Å²) in [5.41, 5.74) is 1.56. The lowest BCUT2D eigenvalue weighted by Crippen LogP contribution is -2.10. The zero-order chi connectivity index (χ0) is 13.1. The Bertz CT molecular complexity index is 541. The Labute approximate surface area is 111 Å². The summed E-state index contributed by atoms with van der Waals surface area (Å²) in [6, 6.07) is 4.77. The monoisotopic (exact) mass is 270 g/mol. The molecule has 0 fully saturated rings. The summed E-state index contributed by atoms with van der Waals surface area (Å²) in [5.74, 6) is 0.817. The fraction of sp³-hybridized carbons (Fsp3) is 0.462. The van der Waals surface area contributed by atoms with Gasteiger partial charge in [0.15, 0.2) is 0 Å². The molecule has 0 aliphatic carbocycles. The summed E-state index contributed by atoms with van der Waals surface area (Å²) in [6.07, 6.45) is 0.836. The van der Waals surface area contributed by atoms with E-state index in [2.05, 4.69) is 11.9 Å². The van der Waals surface area contributed by atoms with Gasteiger partial charge in [0, 0.05) is 19.8 Å². The summed E-state index contributed by atoms with van der Waals surface area (Å²) >= 11 is 5.91. The Balaban J connectivity index is 2.48. The Kier molecular flexibility index (Phi) is 4.19. The van der Waals surface area contributed by atoms with E-state index in [-0.39, 0.29) is 11.9 Å². The highest BCUT2D eigenvalue weighted by Crippen LogP contribution is 2.24. The van der Waals surface area contributed by atoms with E-state index in [1.807, 2.05) is 4.57 Å². The molecular formula is C13H16ClFN2O. The molecule has 0 amide bonds. The molecule has 0 bridgehead atoms. The number of halogens is 2. The molecule has 1 unspecified atom stereocenters. The SMILES string of the molecule is COCCC(C)n1c(CCl)nc2ccc(F)cc21. The van der Waals surface area contributed by atoms with Crippen molar-refractivity contribution < 1.29 is 9.13 Å². The average Bonchev–Trinajstić information content (AvgIpc) is 2.73. The van der Waals surface area contributed by atoms with Gasteiger partial charge < -0.3 is 9.30 Å². The molecule has 0 aliphatic rings. The summed E-state index contributed by atoms with van der Waals surface area (Å²) in [7, 11) is 1.67. The van der Waals surface area contributed by atoms with Crippen LogP contribution < -0.4 is 0 Å². The van der Waals surface area contributed by atoms with Crippen molar-refractivity contribution in [3.8, 4) is 0 Å². The van der Waals surface area contributed by atoms with Crippen molar-refractivity contribution in [2.45, 2.75) is 25.3 Å². The van der Waals surface area contributed by atoms with E-state index in [1.165, 1.54) is 12.1 Å². The first-order chi connectivity index (χ1) is 8.67.